The summed E-state index contributed by atoms with van der Waals surface area (Å²) in [5, 5.41) is 5.37. The van der Waals surface area contributed by atoms with Crippen LogP contribution >= 0.6 is 0 Å². The molecule has 7 nitrogen and oxygen atoms in total. The van der Waals surface area contributed by atoms with E-state index in [4.69, 9.17) is 10.5 Å². The molecule has 2 N–H and O–H groups in total. The van der Waals surface area contributed by atoms with Crippen LogP contribution in [-0.4, -0.2) is 51.8 Å². The topological polar surface area (TPSA) is 90.5 Å². The fourth-order valence-electron chi connectivity index (χ4n) is 2.80. The zero-order valence-electron chi connectivity index (χ0n) is 13.1. The molecule has 23 heavy (non-hydrogen) atoms. The number of amides is 2. The minimum Gasteiger partial charge on any atom is -0.367 e. The number of benzene rings is 1. The number of hydrogen-bond donors (Lipinski definition) is 1. The molecule has 0 spiro atoms. The van der Waals surface area contributed by atoms with Crippen LogP contribution in [0, 0.1) is 0 Å². The molecule has 1 aliphatic rings. The molecule has 1 aromatic heterocycles. The molecule has 122 valence electrons. The first kappa shape index (κ1) is 15.5. The third-order valence-corrected chi connectivity index (χ3v) is 4.24. The van der Waals surface area contributed by atoms with Gasteiger partial charge in [-0.2, -0.15) is 5.10 Å². The lowest BCUT2D eigenvalue weighted by molar-refractivity contribution is -0.160. The van der Waals surface area contributed by atoms with Gasteiger partial charge in [0.15, 0.2) is 5.60 Å². The van der Waals surface area contributed by atoms with Crippen LogP contribution in [0.4, 0.5) is 0 Å². The summed E-state index contributed by atoms with van der Waals surface area (Å²) in [6, 6.07) is 7.87. The monoisotopic (exact) mass is 316 g/mol. The minimum absolute atomic E-state index is 0.0274. The maximum Gasteiger partial charge on any atom is 0.251 e. The number of carbonyl (C=O) groups excluding carboxylic acids is 2. The van der Waals surface area contributed by atoms with Crippen molar-refractivity contribution in [2.24, 2.45) is 5.73 Å². The average Bonchev–Trinajstić information content (AvgIpc) is 2.96. The van der Waals surface area contributed by atoms with Crippen molar-refractivity contribution in [3.8, 4) is 0 Å². The molecule has 2 amide bonds. The van der Waals surface area contributed by atoms with Gasteiger partial charge in [0.05, 0.1) is 31.4 Å². The largest absolute Gasteiger partial charge is 0.367 e. The second kappa shape index (κ2) is 6.00. The van der Waals surface area contributed by atoms with Gasteiger partial charge in [-0.25, -0.2) is 0 Å². The summed E-state index contributed by atoms with van der Waals surface area (Å²) in [5.41, 5.74) is 5.26. The van der Waals surface area contributed by atoms with Crippen molar-refractivity contribution in [3.05, 3.63) is 30.5 Å². The molecule has 0 unspecified atom stereocenters. The predicted octanol–water partition coefficient (Wildman–Crippen LogP) is 0.529. The van der Waals surface area contributed by atoms with Crippen molar-refractivity contribution in [1.29, 1.82) is 0 Å². The van der Waals surface area contributed by atoms with Gasteiger partial charge in [-0.3, -0.25) is 14.3 Å². The smallest absolute Gasteiger partial charge is 0.251 e. The van der Waals surface area contributed by atoms with Crippen LogP contribution in [0.1, 0.15) is 13.3 Å². The Balaban J connectivity index is 1.64. The molecular weight excluding hydrogens is 296 g/mol. The zero-order valence-corrected chi connectivity index (χ0v) is 13.1. The van der Waals surface area contributed by atoms with E-state index in [9.17, 15) is 9.59 Å². The Labute approximate surface area is 134 Å². The molecule has 1 aromatic carbocycles. The SMILES string of the molecule is C[C@@]1(C(N)=O)CN(C(=O)CCn2ncc3ccccc32)CCO1. The van der Waals surface area contributed by atoms with Gasteiger partial charge in [0.1, 0.15) is 0 Å². The van der Waals surface area contributed by atoms with E-state index in [1.807, 2.05) is 28.9 Å². The second-order valence-electron chi connectivity index (χ2n) is 5.94. The number of nitrogens with zero attached hydrogens (tertiary/aromatic N) is 3. The molecular formula is C16H20N4O3. The summed E-state index contributed by atoms with van der Waals surface area (Å²) in [7, 11) is 0. The van der Waals surface area contributed by atoms with Crippen LogP contribution in [-0.2, 0) is 20.9 Å². The summed E-state index contributed by atoms with van der Waals surface area (Å²) < 4.78 is 7.25. The van der Waals surface area contributed by atoms with Crippen molar-refractivity contribution in [2.75, 3.05) is 19.7 Å². The molecule has 0 aliphatic carbocycles. The summed E-state index contributed by atoms with van der Waals surface area (Å²) >= 11 is 0. The molecule has 2 heterocycles. The molecule has 2 aromatic rings. The maximum absolute atomic E-state index is 12.4. The van der Waals surface area contributed by atoms with Gasteiger partial charge in [0, 0.05) is 18.4 Å². The highest BCUT2D eigenvalue weighted by molar-refractivity contribution is 5.85. The first-order chi connectivity index (χ1) is 11.0. The summed E-state index contributed by atoms with van der Waals surface area (Å²) in [5.74, 6) is -0.576. The van der Waals surface area contributed by atoms with E-state index in [-0.39, 0.29) is 12.5 Å². The van der Waals surface area contributed by atoms with Crippen LogP contribution < -0.4 is 5.73 Å². The molecule has 0 radical (unpaired) electrons. The molecule has 1 fully saturated rings. The van der Waals surface area contributed by atoms with Crippen molar-refractivity contribution in [1.82, 2.24) is 14.7 Å². The highest BCUT2D eigenvalue weighted by Crippen LogP contribution is 2.18. The lowest BCUT2D eigenvalue weighted by Crippen LogP contribution is -2.58. The van der Waals surface area contributed by atoms with Gasteiger partial charge in [0.2, 0.25) is 5.91 Å². The number of nitrogens with two attached hydrogens (primary N) is 1. The number of hydrogen-bond acceptors (Lipinski definition) is 4. The van der Waals surface area contributed by atoms with E-state index in [1.54, 1.807) is 18.0 Å². The van der Waals surface area contributed by atoms with Gasteiger partial charge in [-0.15, -0.1) is 0 Å². The number of fused-ring (bicyclic) bond motifs is 1. The van der Waals surface area contributed by atoms with Crippen LogP contribution in [0.5, 0.6) is 0 Å². The maximum atomic E-state index is 12.4. The highest BCUT2D eigenvalue weighted by Gasteiger charge is 2.39. The number of rotatable bonds is 4. The van der Waals surface area contributed by atoms with E-state index in [1.165, 1.54) is 0 Å². The molecule has 1 atom stereocenters. The van der Waals surface area contributed by atoms with Gasteiger partial charge >= 0.3 is 0 Å². The number of morpholine rings is 1. The van der Waals surface area contributed by atoms with E-state index in [0.29, 0.717) is 26.1 Å². The highest BCUT2D eigenvalue weighted by atomic mass is 16.5. The van der Waals surface area contributed by atoms with Crippen LogP contribution in [0.25, 0.3) is 10.9 Å². The zero-order chi connectivity index (χ0) is 16.4. The second-order valence-corrected chi connectivity index (χ2v) is 5.94. The third kappa shape index (κ3) is 3.05. The van der Waals surface area contributed by atoms with E-state index in [0.717, 1.165) is 10.9 Å². The van der Waals surface area contributed by atoms with Crippen molar-refractivity contribution < 1.29 is 14.3 Å². The Morgan fingerprint density at radius 2 is 2.17 bits per heavy atom. The summed E-state index contributed by atoms with van der Waals surface area (Å²) in [6.45, 7) is 3.10. The van der Waals surface area contributed by atoms with E-state index >= 15 is 0 Å². The molecule has 1 saturated heterocycles. The summed E-state index contributed by atoms with van der Waals surface area (Å²) in [6.07, 6.45) is 2.11. The fourth-order valence-corrected chi connectivity index (χ4v) is 2.80. The first-order valence-corrected chi connectivity index (χ1v) is 7.62. The number of para-hydroxylation sites is 1. The van der Waals surface area contributed by atoms with Crippen molar-refractivity contribution in [3.63, 3.8) is 0 Å². The van der Waals surface area contributed by atoms with Crippen LogP contribution in [0.3, 0.4) is 0 Å². The van der Waals surface area contributed by atoms with Gasteiger partial charge in [0.25, 0.3) is 5.91 Å². The average molecular weight is 316 g/mol. The molecule has 3 rings (SSSR count). The van der Waals surface area contributed by atoms with Gasteiger partial charge < -0.3 is 15.4 Å². The lowest BCUT2D eigenvalue weighted by atomic mass is 10.0. The number of aryl methyl sites for hydroxylation is 1. The normalized spacial score (nSPS) is 21.5. The Hall–Kier alpha value is -2.41. The van der Waals surface area contributed by atoms with Crippen molar-refractivity contribution >= 4 is 22.7 Å². The number of primary amides is 1. The Kier molecular flexibility index (Phi) is 4.04. The van der Waals surface area contributed by atoms with Crippen LogP contribution in [0.2, 0.25) is 0 Å². The number of ether oxygens (including phenoxy) is 1. The van der Waals surface area contributed by atoms with E-state index in [2.05, 4.69) is 5.10 Å². The summed E-state index contributed by atoms with van der Waals surface area (Å²) in [4.78, 5) is 25.5. The van der Waals surface area contributed by atoms with Crippen molar-refractivity contribution in [2.45, 2.75) is 25.5 Å². The quantitative estimate of drug-likeness (QED) is 0.891. The standard InChI is InChI=1S/C16H20N4O3/c1-16(15(17)22)11-19(8-9-23-16)14(21)6-7-20-13-5-3-2-4-12(13)10-18-20/h2-5,10H,6-9,11H2,1H3,(H2,17,22)/t16-/m0/s1. The third-order valence-electron chi connectivity index (χ3n) is 4.24. The molecule has 7 heteroatoms. The number of aromatic nitrogens is 2. The Morgan fingerprint density at radius 1 is 1.39 bits per heavy atom. The Bertz CT molecular complexity index is 742. The molecule has 1 aliphatic heterocycles. The predicted molar refractivity (Wildman–Crippen MR) is 84.5 cm³/mol. The minimum atomic E-state index is -1.10. The van der Waals surface area contributed by atoms with E-state index < -0.39 is 11.5 Å². The first-order valence-electron chi connectivity index (χ1n) is 7.62. The van der Waals surface area contributed by atoms with Crippen LogP contribution in [0.15, 0.2) is 30.5 Å². The fraction of sp³-hybridized carbons (Fsp3) is 0.438. The number of carbonyl (C=O) groups is 2. The lowest BCUT2D eigenvalue weighted by Gasteiger charge is -2.38. The van der Waals surface area contributed by atoms with Gasteiger partial charge in [-0.1, -0.05) is 18.2 Å². The Morgan fingerprint density at radius 3 is 2.96 bits per heavy atom. The molecule has 0 saturated carbocycles. The van der Waals surface area contributed by atoms with Gasteiger partial charge in [-0.05, 0) is 13.0 Å². The molecule has 0 bridgehead atoms.